The van der Waals surface area contributed by atoms with Crippen LogP contribution in [0.4, 0.5) is 10.6 Å². The number of aliphatic imine (C=N–C) groups is 1. The summed E-state index contributed by atoms with van der Waals surface area (Å²) in [7, 11) is -1.24. The second kappa shape index (κ2) is 18.8. The highest BCUT2D eigenvalue weighted by Crippen LogP contribution is 2.32. The van der Waals surface area contributed by atoms with Crippen LogP contribution in [-0.4, -0.2) is 99.8 Å². The van der Waals surface area contributed by atoms with Crippen molar-refractivity contribution in [3.8, 4) is 0 Å². The Kier molecular flexibility index (Phi) is 14.3. The van der Waals surface area contributed by atoms with E-state index < -0.39 is 19.8 Å². The first-order chi connectivity index (χ1) is 24.9. The molecule has 0 saturated carbocycles. The zero-order valence-electron chi connectivity index (χ0n) is 32.0. The monoisotopic (exact) mass is 732 g/mol. The fraction of sp³-hybridized carbons (Fsp3) is 0.564. The smallest absolute Gasteiger partial charge is 0.407 e. The van der Waals surface area contributed by atoms with E-state index in [2.05, 4.69) is 76.3 Å². The van der Waals surface area contributed by atoms with Crippen LogP contribution in [0.25, 0.3) is 0 Å². The number of amidine groups is 1. The topological polar surface area (TPSA) is 125 Å². The Labute approximate surface area is 311 Å². The number of hydrogen-bond donors (Lipinski definition) is 4. The zero-order chi connectivity index (χ0) is 37.0. The van der Waals surface area contributed by atoms with Crippen LogP contribution in [0.5, 0.6) is 0 Å². The minimum atomic E-state index is -1.24. The van der Waals surface area contributed by atoms with Crippen LogP contribution in [0.15, 0.2) is 77.1 Å². The maximum atomic E-state index is 12.4. The Balaban J connectivity index is 1.32. The number of amides is 1. The molecule has 2 unspecified atom stereocenters. The Morgan fingerprint density at radius 2 is 1.81 bits per heavy atom. The number of nitrogens with zero attached hydrogens (tertiary/aromatic N) is 4. The second-order valence-electron chi connectivity index (χ2n) is 15.8. The number of carbonyl (C=O) groups is 1. The molecule has 12 nitrogen and oxygen atoms in total. The van der Waals surface area contributed by atoms with Gasteiger partial charge in [0.25, 0.3) is 0 Å². The van der Waals surface area contributed by atoms with Crippen molar-refractivity contribution in [1.29, 1.82) is 0 Å². The molecule has 2 fully saturated rings. The number of carbonyl (C=O) groups excluding carboxylic acids is 1. The van der Waals surface area contributed by atoms with Crippen molar-refractivity contribution in [3.63, 3.8) is 0 Å². The van der Waals surface area contributed by atoms with Crippen molar-refractivity contribution < 1.29 is 19.0 Å². The number of alkyl carbamates (subject to hydrolysis) is 1. The molecule has 3 aliphatic heterocycles. The third-order valence-corrected chi connectivity index (χ3v) is 10.7. The number of nitrogens with one attached hydrogen (secondary N) is 4. The largest absolute Gasteiger partial charge is 0.444 e. The number of allylic oxidation sites excluding steroid dienone is 2. The molecule has 1 amide bonds. The highest BCUT2D eigenvalue weighted by atomic mass is 28.3. The maximum absolute atomic E-state index is 12.4. The minimum Gasteiger partial charge on any atom is -0.444 e. The first-order valence-corrected chi connectivity index (χ1v) is 22.5. The molecule has 1 aromatic heterocycles. The van der Waals surface area contributed by atoms with E-state index in [1.54, 1.807) is 0 Å². The SMILES string of the molecule is CC(C)(C)OC(=O)NCCC(Nc1cccc(C2NN(COCC[Si](C)(C)C)C3=NC(NCCN4CCOCC4)=CCCC=C32)n1)c1ccccc1. The number of benzene rings is 1. The predicted octanol–water partition coefficient (Wildman–Crippen LogP) is 6.21. The van der Waals surface area contributed by atoms with Crippen molar-refractivity contribution in [2.75, 3.05) is 64.6 Å². The van der Waals surface area contributed by atoms with E-state index in [1.807, 2.05) is 56.1 Å². The van der Waals surface area contributed by atoms with E-state index in [9.17, 15) is 4.79 Å². The normalized spacial score (nSPS) is 19.0. The summed E-state index contributed by atoms with van der Waals surface area (Å²) in [6.45, 7) is 19.5. The zero-order valence-corrected chi connectivity index (χ0v) is 33.0. The summed E-state index contributed by atoms with van der Waals surface area (Å²) in [5, 5.41) is 12.2. The lowest BCUT2D eigenvalue weighted by Gasteiger charge is -2.26. The van der Waals surface area contributed by atoms with Crippen molar-refractivity contribution in [3.05, 3.63) is 83.3 Å². The molecule has 2 atom stereocenters. The highest BCUT2D eigenvalue weighted by molar-refractivity contribution is 6.76. The fourth-order valence-electron chi connectivity index (χ4n) is 6.17. The highest BCUT2D eigenvalue weighted by Gasteiger charge is 2.36. The number of aromatic nitrogens is 1. The van der Waals surface area contributed by atoms with E-state index in [0.29, 0.717) is 26.3 Å². The molecule has 5 rings (SSSR count). The molecular weight excluding hydrogens is 673 g/mol. The van der Waals surface area contributed by atoms with Crippen LogP contribution in [0, 0.1) is 0 Å². The molecule has 0 bridgehead atoms. The third-order valence-electron chi connectivity index (χ3n) is 8.95. The predicted molar refractivity (Wildman–Crippen MR) is 211 cm³/mol. The van der Waals surface area contributed by atoms with Gasteiger partial charge in [0.05, 0.1) is 31.0 Å². The first-order valence-electron chi connectivity index (χ1n) is 18.8. The maximum Gasteiger partial charge on any atom is 0.407 e. The van der Waals surface area contributed by atoms with Crippen LogP contribution in [0.2, 0.25) is 25.7 Å². The van der Waals surface area contributed by atoms with Gasteiger partial charge >= 0.3 is 6.09 Å². The summed E-state index contributed by atoms with van der Waals surface area (Å²) in [6.07, 6.45) is 6.50. The van der Waals surface area contributed by atoms with E-state index in [0.717, 1.165) is 92.6 Å². The molecule has 0 spiro atoms. The first kappa shape index (κ1) is 39.5. The van der Waals surface area contributed by atoms with Crippen molar-refractivity contribution in [2.24, 2.45) is 4.99 Å². The van der Waals surface area contributed by atoms with Crippen molar-refractivity contribution in [1.82, 2.24) is 31.0 Å². The van der Waals surface area contributed by atoms with Crippen molar-refractivity contribution in [2.45, 2.75) is 83.4 Å². The van der Waals surface area contributed by atoms with Gasteiger partial charge in [-0.05, 0) is 69.8 Å². The number of hydrazine groups is 1. The molecule has 2 saturated heterocycles. The van der Waals surface area contributed by atoms with Gasteiger partial charge in [-0.2, -0.15) is 0 Å². The number of anilines is 1. The summed E-state index contributed by atoms with van der Waals surface area (Å²) in [6, 6.07) is 17.2. The van der Waals surface area contributed by atoms with Gasteiger partial charge in [0.15, 0.2) is 5.84 Å². The number of morpholine rings is 1. The lowest BCUT2D eigenvalue weighted by atomic mass is 10.0. The molecule has 4 N–H and O–H groups in total. The molecule has 13 heteroatoms. The number of pyridine rings is 1. The van der Waals surface area contributed by atoms with Crippen LogP contribution in [0.3, 0.4) is 0 Å². The Hall–Kier alpha value is -3.75. The number of hydrogen-bond acceptors (Lipinski definition) is 11. The number of rotatable bonds is 16. The van der Waals surface area contributed by atoms with E-state index in [-0.39, 0.29) is 12.1 Å². The Bertz CT molecular complexity index is 1530. The molecule has 1 aromatic carbocycles. The summed E-state index contributed by atoms with van der Waals surface area (Å²) in [5.41, 5.74) is 6.24. The summed E-state index contributed by atoms with van der Waals surface area (Å²) < 4.78 is 17.2. The van der Waals surface area contributed by atoms with Crippen LogP contribution < -0.4 is 21.4 Å². The second-order valence-corrected chi connectivity index (χ2v) is 21.4. The lowest BCUT2D eigenvalue weighted by Crippen LogP contribution is -2.40. The summed E-state index contributed by atoms with van der Waals surface area (Å²) >= 11 is 0. The summed E-state index contributed by atoms with van der Waals surface area (Å²) in [4.78, 5) is 25.1. The standard InChI is InChI=1S/C39H60N8O4Si/c1-39(2,3)51-38(48)41-20-19-32(30-13-8-7-9-14-30)42-35-18-12-16-33(43-35)36-31-15-10-11-17-34(40-21-22-46-23-25-49-26-24-46)44-37(31)47(45-36)29-50-27-28-52(4,5)6/h7-9,12-18,32,36,40,45H,10-11,19-29H2,1-6H3,(H,41,48)(H,42,43). The van der Waals surface area contributed by atoms with Crippen LogP contribution in [0.1, 0.15) is 63.4 Å². The van der Waals surface area contributed by atoms with E-state index in [4.69, 9.17) is 24.2 Å². The van der Waals surface area contributed by atoms with Gasteiger partial charge < -0.3 is 30.2 Å². The van der Waals surface area contributed by atoms with E-state index in [1.165, 1.54) is 0 Å². The average molecular weight is 733 g/mol. The van der Waals surface area contributed by atoms with E-state index >= 15 is 0 Å². The molecule has 0 radical (unpaired) electrons. The van der Waals surface area contributed by atoms with Gasteiger partial charge in [-0.3, -0.25) is 9.91 Å². The Morgan fingerprint density at radius 3 is 2.56 bits per heavy atom. The van der Waals surface area contributed by atoms with Gasteiger partial charge in [-0.1, -0.05) is 62.1 Å². The third kappa shape index (κ3) is 12.7. The molecule has 2 aromatic rings. The van der Waals surface area contributed by atoms with Gasteiger partial charge in [0, 0.05) is 53.0 Å². The fourth-order valence-corrected chi connectivity index (χ4v) is 6.93. The van der Waals surface area contributed by atoms with Crippen molar-refractivity contribution >= 4 is 25.8 Å². The quantitative estimate of drug-likeness (QED) is 0.117. The van der Waals surface area contributed by atoms with Crippen LogP contribution in [-0.2, 0) is 14.2 Å². The molecule has 3 aliphatic rings. The summed E-state index contributed by atoms with van der Waals surface area (Å²) in [5.74, 6) is 2.50. The van der Waals surface area contributed by atoms with Crippen LogP contribution >= 0.6 is 0 Å². The molecule has 284 valence electrons. The molecule has 4 heterocycles. The lowest BCUT2D eigenvalue weighted by molar-refractivity contribution is 0.0387. The van der Waals surface area contributed by atoms with Gasteiger partial charge in [0.2, 0.25) is 0 Å². The van der Waals surface area contributed by atoms with Gasteiger partial charge in [-0.25, -0.2) is 20.2 Å². The van der Waals surface area contributed by atoms with Gasteiger partial charge in [0.1, 0.15) is 24.0 Å². The number of fused-ring (bicyclic) bond motifs is 1. The molecule has 52 heavy (non-hydrogen) atoms. The molecule has 0 aliphatic carbocycles. The minimum absolute atomic E-state index is 0.0827. The van der Waals surface area contributed by atoms with Gasteiger partial charge in [-0.15, -0.1) is 0 Å². The average Bonchev–Trinajstić information content (AvgIpc) is 3.42. The molecular formula is C39H60N8O4Si. The Morgan fingerprint density at radius 1 is 1.04 bits per heavy atom. The number of ether oxygens (including phenoxy) is 3.